The average molecular weight is 1180 g/mol. The second-order valence-electron chi connectivity index (χ2n) is 21.9. The third-order valence-electron chi connectivity index (χ3n) is 13.6. The summed E-state index contributed by atoms with van der Waals surface area (Å²) in [5.41, 5.74) is 12.4. The highest BCUT2D eigenvalue weighted by molar-refractivity contribution is 6.00. The van der Waals surface area contributed by atoms with Gasteiger partial charge in [-0.1, -0.05) is 102 Å². The zero-order chi connectivity index (χ0) is 62.8. The molecule has 2 aromatic carbocycles. The predicted molar refractivity (Wildman–Crippen MR) is 305 cm³/mol. The van der Waals surface area contributed by atoms with Crippen LogP contribution in [0.25, 0.3) is 0 Å². The van der Waals surface area contributed by atoms with E-state index in [1.54, 1.807) is 88.4 Å². The fourth-order valence-corrected chi connectivity index (χ4v) is 8.92. The molecule has 0 spiro atoms. The summed E-state index contributed by atoms with van der Waals surface area (Å²) in [4.78, 5) is 179. The minimum absolute atomic E-state index is 0.0273. The number of aliphatic carboxylic acids is 2. The minimum Gasteiger partial charge on any atom is -0.481 e. The van der Waals surface area contributed by atoms with Gasteiger partial charge in [-0.25, -0.2) is 0 Å². The van der Waals surface area contributed by atoms with Crippen molar-refractivity contribution in [3.05, 3.63) is 71.8 Å². The van der Waals surface area contributed by atoms with Crippen LogP contribution in [-0.2, 0) is 75.2 Å². The highest BCUT2D eigenvalue weighted by Gasteiger charge is 2.38. The largest absolute Gasteiger partial charge is 0.481 e. The summed E-state index contributed by atoms with van der Waals surface area (Å²) < 4.78 is 0. The molecule has 27 nitrogen and oxygen atoms in total. The van der Waals surface area contributed by atoms with Crippen LogP contribution in [0.4, 0.5) is 0 Å². The number of carbonyl (C=O) groups is 13. The zero-order valence-electron chi connectivity index (χ0n) is 48.6. The van der Waals surface area contributed by atoms with Gasteiger partial charge in [-0.15, -0.1) is 0 Å². The Labute approximate surface area is 488 Å². The van der Waals surface area contributed by atoms with Crippen molar-refractivity contribution in [1.29, 1.82) is 0 Å². The van der Waals surface area contributed by atoms with Crippen molar-refractivity contribution in [2.45, 2.75) is 180 Å². The lowest BCUT2D eigenvalue weighted by molar-refractivity contribution is -0.142. The summed E-state index contributed by atoms with van der Waals surface area (Å²) in [6.45, 7) is 11.2. The lowest BCUT2D eigenvalue weighted by atomic mass is 9.98. The molecule has 3 rings (SSSR count). The Morgan fingerprint density at radius 3 is 1.25 bits per heavy atom. The molecule has 84 heavy (non-hydrogen) atoms. The van der Waals surface area contributed by atoms with E-state index in [1.165, 1.54) is 20.8 Å². The van der Waals surface area contributed by atoms with E-state index in [9.17, 15) is 72.5 Å². The van der Waals surface area contributed by atoms with Crippen molar-refractivity contribution in [1.82, 2.24) is 53.2 Å². The van der Waals surface area contributed by atoms with Gasteiger partial charge in [0.2, 0.25) is 65.0 Å². The second-order valence-corrected chi connectivity index (χ2v) is 21.9. The number of benzene rings is 2. The molecule has 2 aromatic rings. The summed E-state index contributed by atoms with van der Waals surface area (Å²) in [6.07, 6.45) is -2.97. The fraction of sp³-hybridized carbons (Fsp3) is 0.561. The number of primary amides is 1. The molecule has 0 aromatic heterocycles. The Kier molecular flexibility index (Phi) is 28.9. The lowest BCUT2D eigenvalue weighted by Gasteiger charge is -2.30. The van der Waals surface area contributed by atoms with E-state index in [0.29, 0.717) is 17.5 Å². The third-order valence-corrected chi connectivity index (χ3v) is 13.6. The van der Waals surface area contributed by atoms with Crippen molar-refractivity contribution >= 4 is 76.9 Å². The van der Waals surface area contributed by atoms with Gasteiger partial charge in [0.25, 0.3) is 0 Å². The van der Waals surface area contributed by atoms with Crippen molar-refractivity contribution in [2.75, 3.05) is 6.54 Å². The van der Waals surface area contributed by atoms with E-state index < -0.39 is 181 Å². The molecule has 1 aliphatic heterocycles. The van der Waals surface area contributed by atoms with Gasteiger partial charge in [0.15, 0.2) is 0 Å². The fourth-order valence-electron chi connectivity index (χ4n) is 8.92. The van der Waals surface area contributed by atoms with E-state index in [2.05, 4.69) is 53.2 Å². The number of nitrogens with one attached hydrogen (secondary N) is 10. The van der Waals surface area contributed by atoms with E-state index in [-0.39, 0.29) is 44.6 Å². The van der Waals surface area contributed by atoms with Crippen LogP contribution in [0, 0.1) is 17.8 Å². The maximum absolute atomic E-state index is 14.6. The molecular weight excluding hydrogens is 1090 g/mol. The number of amides is 11. The number of carboxylic acid groups (broad SMARTS) is 2. The summed E-state index contributed by atoms with van der Waals surface area (Å²) in [5.74, 6) is -15.4. The first-order valence-corrected chi connectivity index (χ1v) is 28.1. The van der Waals surface area contributed by atoms with Crippen molar-refractivity contribution < 1.29 is 72.5 Å². The van der Waals surface area contributed by atoms with Crippen LogP contribution in [-0.4, -0.2) is 154 Å². The maximum atomic E-state index is 14.6. The Balaban J connectivity index is 2.26. The average Bonchev–Trinajstić information content (AvgIpc) is 3.51. The molecular formula is C57H84N12O15. The molecule has 0 saturated carbocycles. The Morgan fingerprint density at radius 1 is 0.440 bits per heavy atom. The van der Waals surface area contributed by atoms with Gasteiger partial charge in [-0.3, -0.25) is 62.3 Å². The minimum atomic E-state index is -1.98. The smallest absolute Gasteiger partial charge is 0.305 e. The van der Waals surface area contributed by atoms with Gasteiger partial charge in [0, 0.05) is 25.7 Å². The molecule has 0 unspecified atom stereocenters. The molecule has 11 amide bonds. The Hall–Kier alpha value is -8.49. The zero-order valence-corrected chi connectivity index (χ0v) is 48.6. The first kappa shape index (κ1) is 69.8. The third kappa shape index (κ3) is 24.1. The normalized spacial score (nSPS) is 24.4. The lowest BCUT2D eigenvalue weighted by Crippen LogP contribution is -2.62. The van der Waals surface area contributed by atoms with Crippen LogP contribution in [0.15, 0.2) is 60.7 Å². The van der Waals surface area contributed by atoms with Gasteiger partial charge < -0.3 is 74.8 Å². The van der Waals surface area contributed by atoms with Crippen LogP contribution in [0.3, 0.4) is 0 Å². The SMILES string of the molecule is CC(C)C[C@@H]1NC(=O)[C@H](CCCCN)NC(=O)[C@H](CCC(N)=O)NC(=O)[C@H](C(C)C)NC(=O)[C@H](CC(=O)O)NC(=O)[C@H](CCC(=O)O)NC(=O)[C@H](C)NC(=O)[C@H](Cc2ccccc2)NC(=O)[C@H](Cc2ccccc2)NC(=O)[C@H](C(C)C)NC1=O. The predicted octanol–water partition coefficient (Wildman–Crippen LogP) is -1.55. The van der Waals surface area contributed by atoms with Gasteiger partial charge in [0.1, 0.15) is 60.4 Å². The molecule has 0 radical (unpaired) electrons. The first-order chi connectivity index (χ1) is 39.6. The van der Waals surface area contributed by atoms with Gasteiger partial charge in [-0.2, -0.15) is 0 Å². The number of carboxylic acids is 2. The highest BCUT2D eigenvalue weighted by atomic mass is 16.4. The van der Waals surface area contributed by atoms with Crippen molar-refractivity contribution in [2.24, 2.45) is 29.2 Å². The molecule has 0 aliphatic carbocycles. The number of rotatable bonds is 20. The van der Waals surface area contributed by atoms with E-state index in [0.717, 1.165) is 0 Å². The summed E-state index contributed by atoms with van der Waals surface area (Å²) in [6, 6.07) is 1.60. The van der Waals surface area contributed by atoms with E-state index in [4.69, 9.17) is 11.5 Å². The summed E-state index contributed by atoms with van der Waals surface area (Å²) in [7, 11) is 0. The summed E-state index contributed by atoms with van der Waals surface area (Å²) in [5, 5.41) is 44.9. The number of unbranched alkanes of at least 4 members (excludes halogenated alkanes) is 1. The molecule has 1 aliphatic rings. The first-order valence-electron chi connectivity index (χ1n) is 28.1. The van der Waals surface area contributed by atoms with Crippen LogP contribution < -0.4 is 64.6 Å². The summed E-state index contributed by atoms with van der Waals surface area (Å²) >= 11 is 0. The van der Waals surface area contributed by atoms with Crippen LogP contribution in [0.2, 0.25) is 0 Å². The van der Waals surface area contributed by atoms with Crippen LogP contribution in [0.5, 0.6) is 0 Å². The molecule has 16 N–H and O–H groups in total. The second kappa shape index (κ2) is 34.8. The monoisotopic (exact) mass is 1180 g/mol. The number of hydrogen-bond acceptors (Lipinski definition) is 14. The maximum Gasteiger partial charge on any atom is 0.305 e. The standard InChI is InChI=1S/C57H84N12O15/c1-30(2)26-39-54(81)68-47(32(5)6)57(84)67-41(28-35-18-12-9-13-19-35)53(80)65-40(27-34-16-10-8-11-17-34)52(79)60-33(7)48(75)61-38(22-24-44(71)72)51(78)66-42(29-45(73)74)55(82)69-46(31(3)4)56(83)63-37(21-23-43(59)70)50(77)62-36(49(76)64-39)20-14-15-25-58/h8-13,16-19,30-33,36-42,46-47H,14-15,20-29,58H2,1-7H3,(H2,59,70)(H,60,79)(H,61,75)(H,62,77)(H,63,83)(H,64,76)(H,65,80)(H,66,78)(H,67,84)(H,68,81)(H,69,82)(H,71,72)(H,73,74)/t33-,36-,37-,38-,39-,40-,41-,42-,46-,47-/m0/s1. The molecule has 10 atom stereocenters. The molecule has 0 bridgehead atoms. The molecule has 1 saturated heterocycles. The van der Waals surface area contributed by atoms with E-state index in [1.807, 2.05) is 0 Å². The molecule has 462 valence electrons. The van der Waals surface area contributed by atoms with Gasteiger partial charge in [0.05, 0.1) is 6.42 Å². The topological polar surface area (TPSA) is 435 Å². The van der Waals surface area contributed by atoms with Crippen LogP contribution >= 0.6 is 0 Å². The quantitative estimate of drug-likeness (QED) is 0.0667. The van der Waals surface area contributed by atoms with Gasteiger partial charge >= 0.3 is 11.9 Å². The highest BCUT2D eigenvalue weighted by Crippen LogP contribution is 2.14. The van der Waals surface area contributed by atoms with Gasteiger partial charge in [-0.05, 0) is 80.9 Å². The Bertz CT molecular complexity index is 2620. The number of carbonyl (C=O) groups excluding carboxylic acids is 11. The molecule has 1 heterocycles. The van der Waals surface area contributed by atoms with Crippen molar-refractivity contribution in [3.8, 4) is 0 Å². The number of nitrogens with two attached hydrogens (primary N) is 2. The number of hydrogen-bond donors (Lipinski definition) is 14. The molecule has 1 fully saturated rings. The molecule has 27 heteroatoms. The Morgan fingerprint density at radius 2 is 0.810 bits per heavy atom. The van der Waals surface area contributed by atoms with Crippen molar-refractivity contribution in [3.63, 3.8) is 0 Å². The van der Waals surface area contributed by atoms with E-state index >= 15 is 0 Å². The van der Waals surface area contributed by atoms with Crippen LogP contribution in [0.1, 0.15) is 117 Å².